The predicted octanol–water partition coefficient (Wildman–Crippen LogP) is 2.35. The molecular weight excluding hydrogens is 470 g/mol. The summed E-state index contributed by atoms with van der Waals surface area (Å²) in [6, 6.07) is 1.91. The minimum atomic E-state index is -0.795. The highest BCUT2D eigenvalue weighted by Gasteiger charge is 2.47. The van der Waals surface area contributed by atoms with Gasteiger partial charge in [-0.05, 0) is 44.2 Å². The molecule has 0 radical (unpaired) electrons. The molecule has 37 heavy (non-hydrogen) atoms. The second-order valence-corrected chi connectivity index (χ2v) is 10.3. The predicted molar refractivity (Wildman–Crippen MR) is 141 cm³/mol. The Labute approximate surface area is 215 Å². The van der Waals surface area contributed by atoms with Crippen molar-refractivity contribution in [3.63, 3.8) is 0 Å². The molecule has 1 spiro atoms. The van der Waals surface area contributed by atoms with Gasteiger partial charge in [-0.1, -0.05) is 0 Å². The van der Waals surface area contributed by atoms with Gasteiger partial charge in [-0.25, -0.2) is 9.67 Å². The highest BCUT2D eigenvalue weighted by Crippen LogP contribution is 2.52. The summed E-state index contributed by atoms with van der Waals surface area (Å²) in [5.74, 6) is 1.09. The Morgan fingerprint density at radius 2 is 1.97 bits per heavy atom. The summed E-state index contributed by atoms with van der Waals surface area (Å²) >= 11 is 0. The Morgan fingerprint density at radius 1 is 1.11 bits per heavy atom. The Bertz CT molecular complexity index is 1420. The smallest absolute Gasteiger partial charge is 0.229 e. The third-order valence-electron chi connectivity index (χ3n) is 7.46. The Hall–Kier alpha value is -3.61. The molecule has 1 aliphatic carbocycles. The maximum absolute atomic E-state index is 10.8. The average Bonchev–Trinajstić information content (AvgIpc) is 3.15. The van der Waals surface area contributed by atoms with E-state index in [1.54, 1.807) is 28.0 Å². The van der Waals surface area contributed by atoms with Gasteiger partial charge in [0.15, 0.2) is 11.5 Å². The first-order valence-corrected chi connectivity index (χ1v) is 12.7. The Balaban J connectivity index is 1.13. The minimum Gasteiger partial charge on any atom is -0.374 e. The van der Waals surface area contributed by atoms with Crippen molar-refractivity contribution in [2.75, 3.05) is 36.8 Å². The van der Waals surface area contributed by atoms with Crippen LogP contribution in [0.15, 0.2) is 30.9 Å². The van der Waals surface area contributed by atoms with Crippen LogP contribution in [-0.4, -0.2) is 70.7 Å². The molecule has 1 unspecified atom stereocenters. The number of aromatic nitrogens is 7. The van der Waals surface area contributed by atoms with Gasteiger partial charge in [-0.15, -0.1) is 0 Å². The molecule has 1 aliphatic heterocycles. The second-order valence-electron chi connectivity index (χ2n) is 10.3. The van der Waals surface area contributed by atoms with Crippen LogP contribution < -0.4 is 16.0 Å². The molecule has 4 aromatic rings. The monoisotopic (exact) mass is 503 g/mol. The van der Waals surface area contributed by atoms with Gasteiger partial charge in [0.1, 0.15) is 6.23 Å². The first-order chi connectivity index (χ1) is 17.9. The van der Waals surface area contributed by atoms with E-state index in [1.807, 2.05) is 33.3 Å². The summed E-state index contributed by atoms with van der Waals surface area (Å²) in [4.78, 5) is 16.1. The van der Waals surface area contributed by atoms with E-state index in [-0.39, 0.29) is 0 Å². The van der Waals surface area contributed by atoms with Gasteiger partial charge < -0.3 is 20.6 Å². The number of rotatable bonds is 9. The summed E-state index contributed by atoms with van der Waals surface area (Å²) in [5, 5.41) is 30.1. The SMILES string of the molecule is Cc1ncc(C(O)NCCN2CCC3(CC3)C2)cc1Nc1nn(C)c2nc(Nc3cnn(C)c3)ncc12. The number of likely N-dealkylation sites (tertiary alicyclic amines) is 1. The van der Waals surface area contributed by atoms with E-state index < -0.39 is 6.23 Å². The molecular formula is C25H33N11O. The van der Waals surface area contributed by atoms with Crippen molar-refractivity contribution in [3.05, 3.63) is 42.1 Å². The van der Waals surface area contributed by atoms with Crippen molar-refractivity contribution in [2.24, 2.45) is 19.5 Å². The van der Waals surface area contributed by atoms with Gasteiger partial charge in [0.2, 0.25) is 5.95 Å². The summed E-state index contributed by atoms with van der Waals surface area (Å²) in [6.07, 6.45) is 10.3. The maximum Gasteiger partial charge on any atom is 0.229 e. The first kappa shape index (κ1) is 23.8. The van der Waals surface area contributed by atoms with E-state index in [2.05, 4.69) is 46.0 Å². The maximum atomic E-state index is 10.8. The van der Waals surface area contributed by atoms with Gasteiger partial charge in [-0.3, -0.25) is 15.0 Å². The molecule has 0 bridgehead atoms. The molecule has 0 aromatic carbocycles. The summed E-state index contributed by atoms with van der Waals surface area (Å²) in [7, 11) is 3.70. The molecule has 0 amide bonds. The summed E-state index contributed by atoms with van der Waals surface area (Å²) in [6.45, 7) is 5.96. The standard InChI is InChI=1S/C25H33N11O/c1-16-20(10-17(11-27-16)23(37)26-7-9-36-8-6-25(15-36)4-5-25)31-21-19-13-28-24(32-22(19)35(3)33-21)30-18-12-29-34(2)14-18/h10-14,23,26,37H,4-9,15H2,1-3H3,(H,31,33)(H,28,30,32). The number of anilines is 4. The molecule has 5 heterocycles. The summed E-state index contributed by atoms with van der Waals surface area (Å²) in [5.41, 5.74) is 4.39. The van der Waals surface area contributed by atoms with E-state index in [0.29, 0.717) is 28.4 Å². The normalized spacial score (nSPS) is 17.5. The molecule has 1 saturated heterocycles. The highest BCUT2D eigenvalue weighted by molar-refractivity contribution is 5.89. The van der Waals surface area contributed by atoms with E-state index >= 15 is 0 Å². The van der Waals surface area contributed by atoms with Crippen LogP contribution in [0, 0.1) is 12.3 Å². The van der Waals surface area contributed by atoms with Crippen molar-refractivity contribution >= 4 is 34.2 Å². The van der Waals surface area contributed by atoms with Gasteiger partial charge in [0.25, 0.3) is 0 Å². The van der Waals surface area contributed by atoms with Crippen LogP contribution in [-0.2, 0) is 14.1 Å². The molecule has 1 saturated carbocycles. The van der Waals surface area contributed by atoms with Crippen molar-refractivity contribution < 1.29 is 5.11 Å². The van der Waals surface area contributed by atoms with Crippen LogP contribution in [0.25, 0.3) is 11.0 Å². The highest BCUT2D eigenvalue weighted by atomic mass is 16.3. The van der Waals surface area contributed by atoms with Crippen molar-refractivity contribution in [1.29, 1.82) is 0 Å². The average molecular weight is 504 g/mol. The van der Waals surface area contributed by atoms with Crippen LogP contribution in [0.3, 0.4) is 0 Å². The first-order valence-electron chi connectivity index (χ1n) is 12.7. The van der Waals surface area contributed by atoms with Crippen molar-refractivity contribution in [2.45, 2.75) is 32.4 Å². The lowest BCUT2D eigenvalue weighted by Gasteiger charge is -2.19. The second kappa shape index (κ2) is 9.36. The number of pyridine rings is 1. The fraction of sp³-hybridized carbons (Fsp3) is 0.480. The quantitative estimate of drug-likeness (QED) is 0.252. The van der Waals surface area contributed by atoms with Gasteiger partial charge in [-0.2, -0.15) is 15.2 Å². The van der Waals surface area contributed by atoms with Crippen LogP contribution in [0.5, 0.6) is 0 Å². The lowest BCUT2D eigenvalue weighted by molar-refractivity contribution is 0.134. The number of aliphatic hydroxyl groups is 1. The number of nitrogens with one attached hydrogen (secondary N) is 3. The molecule has 12 nitrogen and oxygen atoms in total. The topological polar surface area (TPSA) is 134 Å². The number of aliphatic hydroxyl groups excluding tert-OH is 1. The molecule has 6 rings (SSSR count). The van der Waals surface area contributed by atoms with Crippen molar-refractivity contribution in [3.8, 4) is 0 Å². The zero-order valence-corrected chi connectivity index (χ0v) is 21.4. The molecule has 2 aliphatic rings. The van der Waals surface area contributed by atoms with Crippen LogP contribution >= 0.6 is 0 Å². The third kappa shape index (κ3) is 4.99. The zero-order valence-electron chi connectivity index (χ0n) is 21.4. The zero-order chi connectivity index (χ0) is 25.6. The molecule has 194 valence electrons. The van der Waals surface area contributed by atoms with Crippen LogP contribution in [0.2, 0.25) is 0 Å². The molecule has 4 aromatic heterocycles. The molecule has 2 fully saturated rings. The van der Waals surface area contributed by atoms with Crippen LogP contribution in [0.1, 0.15) is 36.7 Å². The van der Waals surface area contributed by atoms with E-state index in [9.17, 15) is 5.11 Å². The Kier molecular flexibility index (Phi) is 6.01. The fourth-order valence-corrected chi connectivity index (χ4v) is 5.04. The number of nitrogens with zero attached hydrogens (tertiary/aromatic N) is 8. The van der Waals surface area contributed by atoms with Gasteiger partial charge >= 0.3 is 0 Å². The number of aryl methyl sites for hydroxylation is 3. The van der Waals surface area contributed by atoms with Crippen molar-refractivity contribution in [1.82, 2.24) is 44.7 Å². The number of fused-ring (bicyclic) bond motifs is 1. The third-order valence-corrected chi connectivity index (χ3v) is 7.46. The lowest BCUT2D eigenvalue weighted by atomic mass is 10.1. The van der Waals surface area contributed by atoms with E-state index in [4.69, 9.17) is 0 Å². The van der Waals surface area contributed by atoms with Gasteiger partial charge in [0.05, 0.1) is 28.7 Å². The molecule has 12 heteroatoms. The summed E-state index contributed by atoms with van der Waals surface area (Å²) < 4.78 is 3.42. The fourth-order valence-electron chi connectivity index (χ4n) is 5.04. The van der Waals surface area contributed by atoms with Crippen LogP contribution in [0.4, 0.5) is 23.1 Å². The number of hydrogen-bond acceptors (Lipinski definition) is 10. The number of hydrogen-bond donors (Lipinski definition) is 4. The van der Waals surface area contributed by atoms with E-state index in [1.165, 1.54) is 32.4 Å². The van der Waals surface area contributed by atoms with Gasteiger partial charge in [0, 0.05) is 57.9 Å². The minimum absolute atomic E-state index is 0.463. The lowest BCUT2D eigenvalue weighted by Crippen LogP contribution is -2.32. The van der Waals surface area contributed by atoms with E-state index in [0.717, 1.165) is 35.5 Å². The Morgan fingerprint density at radius 3 is 2.73 bits per heavy atom. The molecule has 4 N–H and O–H groups in total. The molecule has 1 atom stereocenters. The largest absolute Gasteiger partial charge is 0.374 e.